The lowest BCUT2D eigenvalue weighted by Gasteiger charge is -2.29. The maximum Gasteiger partial charge on any atom is 0.165 e. The van der Waals surface area contributed by atoms with Crippen molar-refractivity contribution in [2.75, 3.05) is 5.73 Å². The number of nitrogens with two attached hydrogens (primary N) is 1. The van der Waals surface area contributed by atoms with Crippen LogP contribution in [0.5, 0.6) is 0 Å². The van der Waals surface area contributed by atoms with Gasteiger partial charge in [0.05, 0.1) is 5.69 Å². The van der Waals surface area contributed by atoms with Gasteiger partial charge in [0, 0.05) is 35.5 Å². The van der Waals surface area contributed by atoms with Gasteiger partial charge in [-0.1, -0.05) is 25.7 Å². The monoisotopic (exact) mass is 291 g/mol. The summed E-state index contributed by atoms with van der Waals surface area (Å²) in [5, 5.41) is 0. The second kappa shape index (κ2) is 5.27. The summed E-state index contributed by atoms with van der Waals surface area (Å²) in [4.78, 5) is 20.6. The first kappa shape index (κ1) is 14.3. The van der Waals surface area contributed by atoms with E-state index >= 15 is 0 Å². The molecule has 3 rings (SSSR count). The van der Waals surface area contributed by atoms with Crippen molar-refractivity contribution in [3.8, 4) is 11.8 Å². The molecule has 2 N–H and O–H groups in total. The summed E-state index contributed by atoms with van der Waals surface area (Å²) in [5.74, 6) is 6.64. The molecule has 2 heterocycles. The first-order valence-electron chi connectivity index (χ1n) is 7.19. The lowest BCUT2D eigenvalue weighted by atomic mass is 9.75. The van der Waals surface area contributed by atoms with Crippen LogP contribution in [0.3, 0.4) is 0 Å². The molecule has 22 heavy (non-hydrogen) atoms. The van der Waals surface area contributed by atoms with Crippen molar-refractivity contribution in [2.24, 2.45) is 5.41 Å². The maximum absolute atomic E-state index is 12.3. The Morgan fingerprint density at radius 3 is 2.68 bits per heavy atom. The summed E-state index contributed by atoms with van der Waals surface area (Å²) >= 11 is 0. The van der Waals surface area contributed by atoms with Crippen molar-refractivity contribution in [3.63, 3.8) is 0 Å². The molecule has 2 aromatic heterocycles. The summed E-state index contributed by atoms with van der Waals surface area (Å²) in [6, 6.07) is 5.35. The molecule has 0 saturated heterocycles. The molecule has 0 aliphatic heterocycles. The SMILES string of the molecule is CC1(C)CC(=O)c2cc(C#Cc3ccnc(N)c3)cnc2C1. The van der Waals surface area contributed by atoms with E-state index < -0.39 is 0 Å². The summed E-state index contributed by atoms with van der Waals surface area (Å²) in [6.45, 7) is 4.19. The van der Waals surface area contributed by atoms with Crippen LogP contribution in [0.4, 0.5) is 5.82 Å². The van der Waals surface area contributed by atoms with Crippen molar-refractivity contribution in [2.45, 2.75) is 26.7 Å². The summed E-state index contributed by atoms with van der Waals surface area (Å²) < 4.78 is 0. The Kier molecular flexibility index (Phi) is 3.42. The summed E-state index contributed by atoms with van der Waals surface area (Å²) in [7, 11) is 0. The van der Waals surface area contributed by atoms with E-state index in [-0.39, 0.29) is 11.2 Å². The van der Waals surface area contributed by atoms with E-state index in [2.05, 4.69) is 35.7 Å². The molecule has 0 unspecified atom stereocenters. The van der Waals surface area contributed by atoms with Crippen molar-refractivity contribution in [1.29, 1.82) is 0 Å². The number of fused-ring (bicyclic) bond motifs is 1. The molecule has 0 radical (unpaired) electrons. The summed E-state index contributed by atoms with van der Waals surface area (Å²) in [5.41, 5.74) is 8.72. The number of nitrogen functional groups attached to an aromatic ring is 1. The second-order valence-corrected chi connectivity index (χ2v) is 6.38. The number of rotatable bonds is 0. The van der Waals surface area contributed by atoms with Gasteiger partial charge in [-0.2, -0.15) is 0 Å². The Bertz CT molecular complexity index is 813. The van der Waals surface area contributed by atoms with E-state index in [4.69, 9.17) is 5.73 Å². The highest BCUT2D eigenvalue weighted by atomic mass is 16.1. The average molecular weight is 291 g/mol. The van der Waals surface area contributed by atoms with Crippen LogP contribution in [0.2, 0.25) is 0 Å². The van der Waals surface area contributed by atoms with Crippen LogP contribution in [-0.2, 0) is 6.42 Å². The van der Waals surface area contributed by atoms with E-state index in [0.29, 0.717) is 17.8 Å². The van der Waals surface area contributed by atoms with Crippen LogP contribution in [0.1, 0.15) is 47.4 Å². The normalized spacial score (nSPS) is 15.6. The van der Waals surface area contributed by atoms with Gasteiger partial charge in [0.15, 0.2) is 5.78 Å². The van der Waals surface area contributed by atoms with Gasteiger partial charge >= 0.3 is 0 Å². The molecule has 1 aliphatic carbocycles. The van der Waals surface area contributed by atoms with Gasteiger partial charge in [-0.05, 0) is 30.0 Å². The van der Waals surface area contributed by atoms with Gasteiger partial charge in [-0.3, -0.25) is 9.78 Å². The minimum Gasteiger partial charge on any atom is -0.384 e. The largest absolute Gasteiger partial charge is 0.384 e. The Labute approximate surface area is 129 Å². The van der Waals surface area contributed by atoms with Crippen molar-refractivity contribution in [3.05, 3.63) is 53.0 Å². The lowest BCUT2D eigenvalue weighted by Crippen LogP contribution is -2.27. The predicted molar refractivity (Wildman–Crippen MR) is 85.3 cm³/mol. The van der Waals surface area contributed by atoms with Gasteiger partial charge < -0.3 is 5.73 Å². The molecule has 0 spiro atoms. The zero-order chi connectivity index (χ0) is 15.7. The predicted octanol–water partition coefficient (Wildman–Crippen LogP) is 2.61. The molecule has 2 aromatic rings. The minimum absolute atomic E-state index is 0.0150. The topological polar surface area (TPSA) is 68.9 Å². The number of hydrogen-bond acceptors (Lipinski definition) is 4. The van der Waals surface area contributed by atoms with Gasteiger partial charge in [0.1, 0.15) is 5.82 Å². The number of Topliss-reactive ketones (excluding diaryl/α,β-unsaturated/α-hetero) is 1. The Hall–Kier alpha value is -2.67. The van der Waals surface area contributed by atoms with Crippen molar-refractivity contribution >= 4 is 11.6 Å². The number of aromatic nitrogens is 2. The molecule has 0 amide bonds. The Morgan fingerprint density at radius 2 is 1.91 bits per heavy atom. The maximum atomic E-state index is 12.3. The van der Waals surface area contributed by atoms with E-state index in [1.165, 1.54) is 0 Å². The first-order valence-corrected chi connectivity index (χ1v) is 7.19. The third-order valence-electron chi connectivity index (χ3n) is 3.69. The highest BCUT2D eigenvalue weighted by Gasteiger charge is 2.31. The lowest BCUT2D eigenvalue weighted by molar-refractivity contribution is 0.0910. The number of pyridine rings is 2. The van der Waals surface area contributed by atoms with E-state index in [9.17, 15) is 4.79 Å². The van der Waals surface area contributed by atoms with Crippen molar-refractivity contribution in [1.82, 2.24) is 9.97 Å². The Morgan fingerprint density at radius 1 is 1.14 bits per heavy atom. The van der Waals surface area contributed by atoms with Crippen molar-refractivity contribution < 1.29 is 4.79 Å². The van der Waals surface area contributed by atoms with E-state index in [1.54, 1.807) is 24.5 Å². The fraction of sp³-hybridized carbons (Fsp3) is 0.278. The minimum atomic E-state index is -0.0150. The molecule has 4 nitrogen and oxygen atoms in total. The standard InChI is InChI=1S/C18H17N3O/c1-18(2)9-15-14(16(22)10-18)7-13(11-21-15)4-3-12-5-6-20-17(19)8-12/h5-8,11H,9-10H2,1-2H3,(H2,19,20). The fourth-order valence-electron chi connectivity index (χ4n) is 2.66. The van der Waals surface area contributed by atoms with E-state index in [0.717, 1.165) is 23.2 Å². The molecule has 110 valence electrons. The molecule has 4 heteroatoms. The third-order valence-corrected chi connectivity index (χ3v) is 3.69. The highest BCUT2D eigenvalue weighted by Crippen LogP contribution is 2.33. The second-order valence-electron chi connectivity index (χ2n) is 6.38. The Balaban J connectivity index is 1.92. The van der Waals surface area contributed by atoms with Crippen LogP contribution >= 0.6 is 0 Å². The molecule has 0 bridgehead atoms. The molecular weight excluding hydrogens is 274 g/mol. The van der Waals surface area contributed by atoms with Crippen LogP contribution in [-0.4, -0.2) is 15.8 Å². The van der Waals surface area contributed by atoms with Crippen LogP contribution in [0.25, 0.3) is 0 Å². The number of carbonyl (C=O) groups excluding carboxylic acids is 1. The smallest absolute Gasteiger partial charge is 0.165 e. The van der Waals surface area contributed by atoms with Crippen LogP contribution in [0.15, 0.2) is 30.6 Å². The first-order chi connectivity index (χ1) is 10.4. The molecule has 0 saturated carbocycles. The van der Waals surface area contributed by atoms with Crippen LogP contribution < -0.4 is 5.73 Å². The van der Waals surface area contributed by atoms with Gasteiger partial charge in [0.25, 0.3) is 0 Å². The van der Waals surface area contributed by atoms with Gasteiger partial charge in [-0.15, -0.1) is 0 Å². The number of hydrogen-bond donors (Lipinski definition) is 1. The zero-order valence-corrected chi connectivity index (χ0v) is 12.7. The van der Waals surface area contributed by atoms with Gasteiger partial charge in [-0.25, -0.2) is 4.98 Å². The molecule has 1 aliphatic rings. The molecular formula is C18H17N3O. The molecule has 0 aromatic carbocycles. The number of carbonyl (C=O) groups is 1. The molecule has 0 atom stereocenters. The van der Waals surface area contributed by atoms with Crippen LogP contribution in [0, 0.1) is 17.3 Å². The fourth-order valence-corrected chi connectivity index (χ4v) is 2.66. The van der Waals surface area contributed by atoms with E-state index in [1.807, 2.05) is 6.07 Å². The zero-order valence-electron chi connectivity index (χ0n) is 12.7. The average Bonchev–Trinajstić information content (AvgIpc) is 2.44. The summed E-state index contributed by atoms with van der Waals surface area (Å²) in [6.07, 6.45) is 4.73. The quantitative estimate of drug-likeness (QED) is 0.758. The third kappa shape index (κ3) is 2.99. The number of ketones is 1. The van der Waals surface area contributed by atoms with Gasteiger partial charge in [0.2, 0.25) is 0 Å². The number of anilines is 1. The molecule has 0 fully saturated rings. The highest BCUT2D eigenvalue weighted by molar-refractivity contribution is 5.98. The number of nitrogens with zero attached hydrogens (tertiary/aromatic N) is 2.